The maximum Gasteiger partial charge on any atom is 0.244 e. The molecule has 172 valence electrons. The maximum absolute atomic E-state index is 13.5. The molecule has 1 atom stereocenters. The monoisotopic (exact) mass is 439 g/mol. The summed E-state index contributed by atoms with van der Waals surface area (Å²) in [7, 11) is 3.22. The van der Waals surface area contributed by atoms with Crippen LogP contribution in [0.5, 0.6) is 11.5 Å². The molecule has 1 unspecified atom stereocenters. The van der Waals surface area contributed by atoms with E-state index in [2.05, 4.69) is 15.8 Å². The number of ketones is 1. The molecule has 1 aromatic carbocycles. The molecule has 7 heteroatoms. The Hall–Kier alpha value is -2.57. The molecule has 1 aliphatic heterocycles. The van der Waals surface area contributed by atoms with Gasteiger partial charge in [-0.05, 0) is 80.4 Å². The average molecular weight is 440 g/mol. The largest absolute Gasteiger partial charge is 0.493 e. The lowest BCUT2D eigenvalue weighted by molar-refractivity contribution is -0.136. The van der Waals surface area contributed by atoms with Gasteiger partial charge in [0, 0.05) is 18.4 Å². The Morgan fingerprint density at radius 1 is 1.06 bits per heavy atom. The van der Waals surface area contributed by atoms with Crippen molar-refractivity contribution < 1.29 is 19.1 Å². The number of hydrogen-bond acceptors (Lipinski definition) is 6. The minimum Gasteiger partial charge on any atom is -0.493 e. The van der Waals surface area contributed by atoms with Crippen LogP contribution in [0.3, 0.4) is 0 Å². The molecule has 1 amide bonds. The molecule has 0 spiro atoms. The van der Waals surface area contributed by atoms with E-state index in [1.54, 1.807) is 14.2 Å². The predicted molar refractivity (Wildman–Crippen MR) is 121 cm³/mol. The summed E-state index contributed by atoms with van der Waals surface area (Å²) >= 11 is 0. The van der Waals surface area contributed by atoms with E-state index in [-0.39, 0.29) is 17.1 Å². The van der Waals surface area contributed by atoms with Crippen molar-refractivity contribution in [2.24, 2.45) is 28.3 Å². The first-order chi connectivity index (χ1) is 15.5. The molecular weight excluding hydrogens is 406 g/mol. The topological polar surface area (TPSA) is 89.0 Å². The number of rotatable bonds is 8. The van der Waals surface area contributed by atoms with Gasteiger partial charge in [0.25, 0.3) is 0 Å². The van der Waals surface area contributed by atoms with E-state index in [9.17, 15) is 9.59 Å². The van der Waals surface area contributed by atoms with Crippen molar-refractivity contribution in [3.05, 3.63) is 23.8 Å². The molecule has 5 aliphatic rings. The number of hydrazone groups is 1. The van der Waals surface area contributed by atoms with E-state index in [0.717, 1.165) is 42.6 Å². The molecule has 1 aromatic rings. The number of nitrogens with one attached hydrogen (secondary N) is 2. The van der Waals surface area contributed by atoms with Gasteiger partial charge in [-0.15, -0.1) is 0 Å². The van der Waals surface area contributed by atoms with Gasteiger partial charge in [0.05, 0.1) is 14.2 Å². The van der Waals surface area contributed by atoms with Crippen molar-refractivity contribution in [2.75, 3.05) is 20.8 Å². The molecule has 0 radical (unpaired) electrons. The number of amides is 1. The van der Waals surface area contributed by atoms with Gasteiger partial charge in [0.2, 0.25) is 5.91 Å². The van der Waals surface area contributed by atoms with Crippen molar-refractivity contribution in [1.29, 1.82) is 0 Å². The first kappa shape index (κ1) is 21.3. The summed E-state index contributed by atoms with van der Waals surface area (Å²) in [5.74, 6) is 3.62. The van der Waals surface area contributed by atoms with Gasteiger partial charge in [-0.2, -0.15) is 5.10 Å². The third-order valence-corrected chi connectivity index (χ3v) is 8.01. The fourth-order valence-corrected chi connectivity index (χ4v) is 6.92. The smallest absolute Gasteiger partial charge is 0.244 e. The Kier molecular flexibility index (Phi) is 5.59. The van der Waals surface area contributed by atoms with E-state index in [1.165, 1.54) is 19.3 Å². The van der Waals surface area contributed by atoms with Gasteiger partial charge in [-0.1, -0.05) is 6.07 Å². The van der Waals surface area contributed by atoms with Crippen molar-refractivity contribution in [3.8, 4) is 11.5 Å². The summed E-state index contributed by atoms with van der Waals surface area (Å²) in [5.41, 5.74) is 4.35. The number of carbonyl (C=O) groups excluding carboxylic acids is 2. The van der Waals surface area contributed by atoms with Crippen LogP contribution in [0.1, 0.15) is 50.5 Å². The van der Waals surface area contributed by atoms with Crippen LogP contribution in [-0.4, -0.2) is 44.2 Å². The molecule has 7 nitrogen and oxygen atoms in total. The van der Waals surface area contributed by atoms with E-state index >= 15 is 0 Å². The van der Waals surface area contributed by atoms with Gasteiger partial charge in [0.15, 0.2) is 17.3 Å². The Morgan fingerprint density at radius 3 is 2.34 bits per heavy atom. The lowest BCUT2D eigenvalue weighted by Crippen LogP contribution is -2.52. The lowest BCUT2D eigenvalue weighted by atomic mass is 9.48. The minimum atomic E-state index is -0.465. The van der Waals surface area contributed by atoms with E-state index in [4.69, 9.17) is 9.47 Å². The molecule has 4 bridgehead atoms. The highest BCUT2D eigenvalue weighted by molar-refractivity contribution is 6.42. The third kappa shape index (κ3) is 3.86. The van der Waals surface area contributed by atoms with Gasteiger partial charge in [0.1, 0.15) is 11.8 Å². The highest BCUT2D eigenvalue weighted by Crippen LogP contribution is 2.60. The Bertz CT molecular complexity index is 906. The summed E-state index contributed by atoms with van der Waals surface area (Å²) in [6, 6.07) is 5.29. The number of hydrogen-bond donors (Lipinski definition) is 2. The second-order valence-electron chi connectivity index (χ2n) is 10.2. The molecule has 0 saturated heterocycles. The number of benzene rings is 1. The number of Topliss-reactive ketones (excluding diaryl/α,β-unsaturated/α-hetero) is 1. The molecule has 32 heavy (non-hydrogen) atoms. The van der Waals surface area contributed by atoms with Crippen LogP contribution in [0.2, 0.25) is 0 Å². The van der Waals surface area contributed by atoms with Crippen LogP contribution < -0.4 is 20.2 Å². The van der Waals surface area contributed by atoms with Crippen molar-refractivity contribution in [3.63, 3.8) is 0 Å². The number of methoxy groups -OCH3 is 2. The highest BCUT2D eigenvalue weighted by Gasteiger charge is 2.55. The van der Waals surface area contributed by atoms with E-state index in [1.807, 2.05) is 18.2 Å². The second-order valence-corrected chi connectivity index (χ2v) is 10.2. The number of nitrogens with zero attached hydrogens (tertiary/aromatic N) is 1. The Morgan fingerprint density at radius 2 is 1.72 bits per heavy atom. The molecule has 4 aliphatic carbocycles. The first-order valence-corrected chi connectivity index (χ1v) is 11.8. The fourth-order valence-electron chi connectivity index (χ4n) is 6.92. The van der Waals surface area contributed by atoms with Crippen LogP contribution in [0.15, 0.2) is 23.3 Å². The van der Waals surface area contributed by atoms with Gasteiger partial charge in [-0.25, -0.2) is 0 Å². The van der Waals surface area contributed by atoms with Gasteiger partial charge >= 0.3 is 0 Å². The van der Waals surface area contributed by atoms with Gasteiger partial charge < -0.3 is 14.8 Å². The zero-order valence-electron chi connectivity index (χ0n) is 19.0. The minimum absolute atomic E-state index is 0.109. The van der Waals surface area contributed by atoms with Crippen molar-refractivity contribution in [2.45, 2.75) is 57.4 Å². The Labute approximate surface area is 189 Å². The maximum atomic E-state index is 13.5. The zero-order valence-corrected chi connectivity index (χ0v) is 19.0. The standard InChI is InChI=1S/C25H33N3O4/c1-31-21-4-3-15(10-22(21)32-2)5-6-26-24(30)20-11-19(27-28-20)23(29)25-12-16-7-17(13-25)9-18(8-16)14-25/h3-4,10,16-18,20,28H,5-9,11-14H2,1-2H3,(H,26,30). The summed E-state index contributed by atoms with van der Waals surface area (Å²) in [6.45, 7) is 0.505. The zero-order chi connectivity index (χ0) is 22.3. The SMILES string of the molecule is COc1ccc(CCNC(=O)C2CC(C(=O)C34CC5CC(CC(C5)C3)C4)=NN2)cc1OC. The summed E-state index contributed by atoms with van der Waals surface area (Å²) < 4.78 is 10.6. The molecule has 4 fully saturated rings. The number of carbonyl (C=O) groups is 2. The van der Waals surface area contributed by atoms with E-state index in [0.29, 0.717) is 36.6 Å². The van der Waals surface area contributed by atoms with Crippen LogP contribution in [0.4, 0.5) is 0 Å². The molecule has 0 aromatic heterocycles. The molecular formula is C25H33N3O4. The summed E-state index contributed by atoms with van der Waals surface area (Å²) in [6.07, 6.45) is 8.08. The second kappa shape index (κ2) is 8.41. The quantitative estimate of drug-likeness (QED) is 0.650. The van der Waals surface area contributed by atoms with Crippen LogP contribution >= 0.6 is 0 Å². The Balaban J connectivity index is 1.13. The average Bonchev–Trinajstić information content (AvgIpc) is 3.27. The summed E-state index contributed by atoms with van der Waals surface area (Å²) in [4.78, 5) is 26.1. The third-order valence-electron chi connectivity index (χ3n) is 8.01. The number of ether oxygens (including phenoxy) is 2. The normalized spacial score (nSPS) is 32.2. The van der Waals surface area contributed by atoms with Crippen molar-refractivity contribution in [1.82, 2.24) is 10.7 Å². The highest BCUT2D eigenvalue weighted by atomic mass is 16.5. The van der Waals surface area contributed by atoms with Crippen LogP contribution in [0, 0.1) is 23.2 Å². The molecule has 4 saturated carbocycles. The van der Waals surface area contributed by atoms with E-state index < -0.39 is 6.04 Å². The van der Waals surface area contributed by atoms with Crippen molar-refractivity contribution >= 4 is 17.4 Å². The molecule has 6 rings (SSSR count). The lowest BCUT2D eigenvalue weighted by Gasteiger charge is -2.55. The summed E-state index contributed by atoms with van der Waals surface area (Å²) in [5, 5.41) is 7.31. The van der Waals surface area contributed by atoms with Crippen LogP contribution in [0.25, 0.3) is 0 Å². The predicted octanol–water partition coefficient (Wildman–Crippen LogP) is 2.87. The van der Waals surface area contributed by atoms with Gasteiger partial charge in [-0.3, -0.25) is 15.0 Å². The molecule has 2 N–H and O–H groups in total. The fraction of sp³-hybridized carbons (Fsp3) is 0.640. The van der Waals surface area contributed by atoms with Crippen LogP contribution in [-0.2, 0) is 16.0 Å². The molecule has 1 heterocycles. The first-order valence-electron chi connectivity index (χ1n) is 11.8.